The number of aromatic nitrogens is 2. The molecule has 0 saturated heterocycles. The second-order valence-electron chi connectivity index (χ2n) is 6.10. The summed E-state index contributed by atoms with van der Waals surface area (Å²) in [5, 5.41) is 18.5. The Labute approximate surface area is 156 Å². The molecule has 0 atom stereocenters. The summed E-state index contributed by atoms with van der Waals surface area (Å²) in [6.07, 6.45) is 0. The first-order valence-electron chi connectivity index (χ1n) is 8.65. The Balaban J connectivity index is 1.98. The highest BCUT2D eigenvalue weighted by Crippen LogP contribution is 2.30. The maximum absolute atomic E-state index is 12.9. The summed E-state index contributed by atoms with van der Waals surface area (Å²) >= 11 is 0. The molecule has 0 spiro atoms. The molecule has 0 fully saturated rings. The third-order valence-corrected chi connectivity index (χ3v) is 4.28. The van der Waals surface area contributed by atoms with Crippen LogP contribution in [0.15, 0.2) is 54.6 Å². The quantitative estimate of drug-likeness (QED) is 0.533. The predicted octanol–water partition coefficient (Wildman–Crippen LogP) is 3.72. The molecule has 0 aliphatic carbocycles. The van der Waals surface area contributed by atoms with Gasteiger partial charge in [0.2, 0.25) is 0 Å². The first-order chi connectivity index (χ1) is 13.0. The molecule has 1 amide bonds. The summed E-state index contributed by atoms with van der Waals surface area (Å²) in [7, 11) is 0. The van der Waals surface area contributed by atoms with E-state index in [-0.39, 0.29) is 11.6 Å². The van der Waals surface area contributed by atoms with Crippen LogP contribution in [0.1, 0.15) is 28.7 Å². The van der Waals surface area contributed by atoms with E-state index in [2.05, 4.69) is 10.4 Å². The number of aryl methyl sites for hydroxylation is 2. The zero-order valence-corrected chi connectivity index (χ0v) is 15.2. The molecule has 7 nitrogen and oxygen atoms in total. The fourth-order valence-corrected chi connectivity index (χ4v) is 3.02. The van der Waals surface area contributed by atoms with Gasteiger partial charge in [0.1, 0.15) is 5.69 Å². The normalized spacial score (nSPS) is 10.6. The van der Waals surface area contributed by atoms with Crippen molar-refractivity contribution in [2.24, 2.45) is 0 Å². The van der Waals surface area contributed by atoms with Gasteiger partial charge in [0.05, 0.1) is 10.6 Å². The number of hydrogen-bond donors (Lipinski definition) is 1. The smallest absolute Gasteiger partial charge is 0.270 e. The van der Waals surface area contributed by atoms with Crippen molar-refractivity contribution in [2.75, 3.05) is 0 Å². The van der Waals surface area contributed by atoms with Gasteiger partial charge in [0.25, 0.3) is 11.6 Å². The average molecular weight is 364 g/mol. The standard InChI is InChI=1S/C20H20N4O3/c1-3-23-19(20(25)21-13-15-8-5-4-6-9-15)18(14(2)22-23)16-10-7-11-17(12-16)24(26)27/h4-12H,3,13H2,1-2H3,(H,21,25). The fraction of sp³-hybridized carbons (Fsp3) is 0.200. The molecule has 1 N–H and O–H groups in total. The van der Waals surface area contributed by atoms with Gasteiger partial charge in [0.15, 0.2) is 0 Å². The number of nitro groups is 1. The molecule has 2 aromatic carbocycles. The summed E-state index contributed by atoms with van der Waals surface area (Å²) in [6, 6.07) is 15.9. The Morgan fingerprint density at radius 2 is 1.93 bits per heavy atom. The molecule has 138 valence electrons. The number of non-ortho nitro benzene ring substituents is 1. The van der Waals surface area contributed by atoms with Crippen molar-refractivity contribution in [1.29, 1.82) is 0 Å². The van der Waals surface area contributed by atoms with Crippen LogP contribution >= 0.6 is 0 Å². The third kappa shape index (κ3) is 3.87. The van der Waals surface area contributed by atoms with Crippen molar-refractivity contribution in [3.63, 3.8) is 0 Å². The summed E-state index contributed by atoms with van der Waals surface area (Å²) in [4.78, 5) is 23.6. The van der Waals surface area contributed by atoms with E-state index in [1.807, 2.05) is 37.3 Å². The Hall–Kier alpha value is -3.48. The number of nitrogens with zero attached hydrogens (tertiary/aromatic N) is 3. The SMILES string of the molecule is CCn1nc(C)c(-c2cccc([N+](=O)[O-])c2)c1C(=O)NCc1ccccc1. The molecule has 27 heavy (non-hydrogen) atoms. The number of amides is 1. The summed E-state index contributed by atoms with van der Waals surface area (Å²) in [6.45, 7) is 4.61. The van der Waals surface area contributed by atoms with Gasteiger partial charge < -0.3 is 5.32 Å². The lowest BCUT2D eigenvalue weighted by Crippen LogP contribution is -2.26. The topological polar surface area (TPSA) is 90.1 Å². The van der Waals surface area contributed by atoms with Crippen LogP contribution in [-0.2, 0) is 13.1 Å². The molecule has 3 rings (SSSR count). The summed E-state index contributed by atoms with van der Waals surface area (Å²) in [5.74, 6) is -0.261. The van der Waals surface area contributed by atoms with Crippen molar-refractivity contribution < 1.29 is 9.72 Å². The van der Waals surface area contributed by atoms with E-state index in [0.717, 1.165) is 5.56 Å². The number of carbonyl (C=O) groups is 1. The Kier molecular flexibility index (Phi) is 5.30. The van der Waals surface area contributed by atoms with Gasteiger partial charge in [-0.25, -0.2) is 0 Å². The molecule has 0 aliphatic heterocycles. The van der Waals surface area contributed by atoms with Gasteiger partial charge in [-0.05, 0) is 25.0 Å². The molecule has 0 aliphatic rings. The van der Waals surface area contributed by atoms with Gasteiger partial charge in [-0.3, -0.25) is 19.6 Å². The molecule has 0 saturated carbocycles. The zero-order chi connectivity index (χ0) is 19.4. The monoisotopic (exact) mass is 364 g/mol. The molecule has 0 radical (unpaired) electrons. The molecular weight excluding hydrogens is 344 g/mol. The molecule has 0 unspecified atom stereocenters. The lowest BCUT2D eigenvalue weighted by atomic mass is 10.0. The number of benzene rings is 2. The van der Waals surface area contributed by atoms with Gasteiger partial charge in [-0.1, -0.05) is 42.5 Å². The van der Waals surface area contributed by atoms with Crippen LogP contribution in [0.2, 0.25) is 0 Å². The van der Waals surface area contributed by atoms with Crippen molar-refractivity contribution in [3.8, 4) is 11.1 Å². The van der Waals surface area contributed by atoms with E-state index in [1.165, 1.54) is 12.1 Å². The average Bonchev–Trinajstić information content (AvgIpc) is 3.03. The number of nitrogens with one attached hydrogen (secondary N) is 1. The van der Waals surface area contributed by atoms with E-state index in [9.17, 15) is 14.9 Å². The van der Waals surface area contributed by atoms with Crippen molar-refractivity contribution in [3.05, 3.63) is 81.7 Å². The maximum Gasteiger partial charge on any atom is 0.270 e. The largest absolute Gasteiger partial charge is 0.347 e. The predicted molar refractivity (Wildman–Crippen MR) is 102 cm³/mol. The third-order valence-electron chi connectivity index (χ3n) is 4.28. The van der Waals surface area contributed by atoms with E-state index < -0.39 is 4.92 Å². The number of hydrogen-bond acceptors (Lipinski definition) is 4. The van der Waals surface area contributed by atoms with Crippen LogP contribution in [0, 0.1) is 17.0 Å². The van der Waals surface area contributed by atoms with Crippen LogP contribution in [-0.4, -0.2) is 20.6 Å². The molecule has 7 heteroatoms. The minimum Gasteiger partial charge on any atom is -0.347 e. The first kappa shape index (κ1) is 18.3. The first-order valence-corrected chi connectivity index (χ1v) is 8.65. The van der Waals surface area contributed by atoms with Gasteiger partial charge >= 0.3 is 0 Å². The van der Waals surface area contributed by atoms with E-state index in [1.54, 1.807) is 23.7 Å². The van der Waals surface area contributed by atoms with Gasteiger partial charge in [-0.15, -0.1) is 0 Å². The molecule has 1 heterocycles. The molecule has 3 aromatic rings. The number of rotatable bonds is 6. The zero-order valence-electron chi connectivity index (χ0n) is 15.2. The second kappa shape index (κ2) is 7.82. The highest BCUT2D eigenvalue weighted by atomic mass is 16.6. The molecule has 1 aromatic heterocycles. The maximum atomic E-state index is 12.9. The molecular formula is C20H20N4O3. The minimum absolute atomic E-state index is 0.0215. The van der Waals surface area contributed by atoms with Crippen molar-refractivity contribution in [2.45, 2.75) is 26.9 Å². The number of nitro benzene ring substituents is 1. The van der Waals surface area contributed by atoms with Crippen LogP contribution in [0.4, 0.5) is 5.69 Å². The van der Waals surface area contributed by atoms with Gasteiger partial charge in [0, 0.05) is 30.8 Å². The highest BCUT2D eigenvalue weighted by Gasteiger charge is 2.23. The van der Waals surface area contributed by atoms with Crippen LogP contribution in [0.3, 0.4) is 0 Å². The van der Waals surface area contributed by atoms with Gasteiger partial charge in [-0.2, -0.15) is 5.10 Å². The van der Waals surface area contributed by atoms with Crippen LogP contribution in [0.25, 0.3) is 11.1 Å². The Bertz CT molecular complexity index is 980. The van der Waals surface area contributed by atoms with E-state index in [4.69, 9.17) is 0 Å². The van der Waals surface area contributed by atoms with Crippen LogP contribution in [0.5, 0.6) is 0 Å². The van der Waals surface area contributed by atoms with Crippen LogP contribution < -0.4 is 5.32 Å². The Morgan fingerprint density at radius 1 is 1.19 bits per heavy atom. The van der Waals surface area contributed by atoms with Crippen molar-refractivity contribution in [1.82, 2.24) is 15.1 Å². The van der Waals surface area contributed by atoms with E-state index >= 15 is 0 Å². The summed E-state index contributed by atoms with van der Waals surface area (Å²) < 4.78 is 1.63. The lowest BCUT2D eigenvalue weighted by Gasteiger charge is -2.10. The second-order valence-corrected chi connectivity index (χ2v) is 6.10. The fourth-order valence-electron chi connectivity index (χ4n) is 3.02. The van der Waals surface area contributed by atoms with E-state index in [0.29, 0.717) is 35.6 Å². The minimum atomic E-state index is -0.446. The lowest BCUT2D eigenvalue weighted by molar-refractivity contribution is -0.384. The van der Waals surface area contributed by atoms with Crippen molar-refractivity contribution >= 4 is 11.6 Å². The summed E-state index contributed by atoms with van der Waals surface area (Å²) in [5.41, 5.74) is 3.25. The Morgan fingerprint density at radius 3 is 2.59 bits per heavy atom. The molecule has 0 bridgehead atoms. The number of carbonyl (C=O) groups excluding carboxylic acids is 1. The highest BCUT2D eigenvalue weighted by molar-refractivity contribution is 6.00.